The summed E-state index contributed by atoms with van der Waals surface area (Å²) in [6.07, 6.45) is 3.14. The Morgan fingerprint density at radius 3 is 2.41 bits per heavy atom. The molecule has 18 heteroatoms. The zero-order valence-corrected chi connectivity index (χ0v) is 38.3. The number of nitrogens with one attached hydrogen (secondary N) is 3. The number of methoxy groups -OCH3 is 1. The van der Waals surface area contributed by atoms with Crippen molar-refractivity contribution in [3.05, 3.63) is 58.9 Å². The lowest BCUT2D eigenvalue weighted by Crippen LogP contribution is -2.67. The van der Waals surface area contributed by atoms with Crippen LogP contribution in [0, 0.1) is 5.92 Å². The van der Waals surface area contributed by atoms with Crippen LogP contribution >= 0.6 is 11.8 Å². The molecule has 14 nitrogen and oxygen atoms in total. The van der Waals surface area contributed by atoms with E-state index in [1.165, 1.54) is 11.8 Å². The normalized spacial score (nSPS) is 26.5. The number of hydrogen-bond acceptors (Lipinski definition) is 10. The third kappa shape index (κ3) is 10.4. The molecule has 63 heavy (non-hydrogen) atoms. The maximum Gasteiger partial charge on any atom is 0.737 e. The van der Waals surface area contributed by atoms with E-state index in [0.29, 0.717) is 78.7 Å². The molecule has 0 aliphatic carbocycles. The molecule has 1 aromatic carbocycles. The molecule has 6 rings (SSSR count). The summed E-state index contributed by atoms with van der Waals surface area (Å²) >= 11 is 1.17. The van der Waals surface area contributed by atoms with Gasteiger partial charge in [0.25, 0.3) is 0 Å². The monoisotopic (exact) mass is 898 g/mol. The highest BCUT2D eigenvalue weighted by Gasteiger charge is 2.54. The standard InChI is InChI=1S/C45H65BF2N6O8S/c1-8-12-29-23-36(52(5)25-29)44(60)51-39(43-41(58)40(57)42(59)45(62-43)63-7)27(3)50-38(56)13-10-9-11-22-49-37(55)21-19-33-26(2)35-24-31-16-20-34(30-14-17-32(61-6)18-15-30)54(31)46(47,48)53(35)28(33)4/h14-18,20,24,27,29,36,39-43,45,57-59H,8-13,19,21-23,25H2,1-7H3,(H,49,55)(H,50,56)(H,51,60)/t27-,29-,36+,39-,40+,41-,42-,43?,45-/m1/s1. The van der Waals surface area contributed by atoms with Crippen LogP contribution < -0.4 is 20.7 Å². The second-order valence-corrected chi connectivity index (χ2v) is 18.4. The van der Waals surface area contributed by atoms with Gasteiger partial charge in [0.1, 0.15) is 41.3 Å². The minimum atomic E-state index is -4.22. The lowest BCUT2D eigenvalue weighted by atomic mass is 9.89. The molecule has 4 aliphatic rings. The molecule has 1 aromatic heterocycles. The number of fused-ring (bicyclic) bond motifs is 2. The van der Waals surface area contributed by atoms with E-state index < -0.39 is 54.9 Å². The predicted molar refractivity (Wildman–Crippen MR) is 241 cm³/mol. The molecule has 1 unspecified atom stereocenters. The number of aliphatic hydroxyl groups excluding tert-OH is 3. The van der Waals surface area contributed by atoms with Gasteiger partial charge in [-0.3, -0.25) is 19.3 Å². The summed E-state index contributed by atoms with van der Waals surface area (Å²) in [4.78, 5) is 41.8. The van der Waals surface area contributed by atoms with E-state index in [4.69, 9.17) is 9.47 Å². The van der Waals surface area contributed by atoms with Crippen LogP contribution in [0.1, 0.15) is 91.2 Å². The van der Waals surface area contributed by atoms with Gasteiger partial charge in [0, 0.05) is 67.5 Å². The van der Waals surface area contributed by atoms with E-state index in [1.54, 1.807) is 69.7 Å². The largest absolute Gasteiger partial charge is 0.737 e. The SMILES string of the molecule is CCC[C@@H]1C[C@@H](C(=O)N[C@@H](C2O[C@H](SC)[C@H](O)[C@@H](O)[C@H]2O)[C@@H](C)NC(=O)CCCCCNC(=O)CCC2=C(C)C3=Cc4ccc(-c5ccc(OC)cc5)n4[B-](F)(F)[N+]3=C2C)N(C)C1. The summed E-state index contributed by atoms with van der Waals surface area (Å²) in [6, 6.07) is 8.43. The number of carbonyl (C=O) groups excluding carboxylic acids is 3. The van der Waals surface area contributed by atoms with Gasteiger partial charge in [-0.25, -0.2) is 0 Å². The average Bonchev–Trinajstić information content (AvgIpc) is 3.93. The zero-order chi connectivity index (χ0) is 45.7. The van der Waals surface area contributed by atoms with Crippen molar-refractivity contribution in [3.63, 3.8) is 0 Å². The van der Waals surface area contributed by atoms with E-state index in [9.17, 15) is 29.7 Å². The highest BCUT2D eigenvalue weighted by molar-refractivity contribution is 7.99. The topological polar surface area (TPSA) is 178 Å². The number of aliphatic hydroxyl groups is 3. The molecular weight excluding hydrogens is 833 g/mol. The number of likely N-dealkylation sites (N-methyl/N-ethyl adjacent to an activating group) is 1. The molecule has 0 bridgehead atoms. The first kappa shape index (κ1) is 48.4. The van der Waals surface area contributed by atoms with Crippen LogP contribution in [-0.4, -0.2) is 141 Å². The van der Waals surface area contributed by atoms with E-state index in [0.717, 1.165) is 39.5 Å². The number of amides is 3. The van der Waals surface area contributed by atoms with Crippen molar-refractivity contribution < 1.29 is 52.3 Å². The fraction of sp³-hybridized carbons (Fsp3) is 0.600. The minimum absolute atomic E-state index is 0.133. The van der Waals surface area contributed by atoms with Gasteiger partial charge in [-0.2, -0.15) is 0 Å². The molecule has 0 saturated carbocycles. The Kier molecular flexibility index (Phi) is 16.0. The van der Waals surface area contributed by atoms with Crippen LogP contribution in [0.5, 0.6) is 5.75 Å². The van der Waals surface area contributed by atoms with Gasteiger partial charge in [-0.1, -0.05) is 19.8 Å². The second-order valence-electron chi connectivity index (χ2n) is 17.5. The van der Waals surface area contributed by atoms with Gasteiger partial charge >= 0.3 is 6.97 Å². The number of nitrogens with zero attached hydrogens (tertiary/aromatic N) is 3. The van der Waals surface area contributed by atoms with Gasteiger partial charge in [-0.05, 0) is 107 Å². The Morgan fingerprint density at radius 1 is 1.00 bits per heavy atom. The highest BCUT2D eigenvalue weighted by Crippen LogP contribution is 2.41. The summed E-state index contributed by atoms with van der Waals surface area (Å²) < 4.78 is 46.4. The number of aromatic nitrogens is 1. The minimum Gasteiger partial charge on any atom is -0.497 e. The summed E-state index contributed by atoms with van der Waals surface area (Å²) in [7, 11) is 3.46. The van der Waals surface area contributed by atoms with Crippen molar-refractivity contribution >= 4 is 48.2 Å². The Hall–Kier alpha value is -4.07. The number of benzene rings is 1. The third-order valence-electron chi connectivity index (χ3n) is 13.2. The smallest absolute Gasteiger partial charge is 0.497 e. The molecular formula is C45H65BF2N6O8S. The van der Waals surface area contributed by atoms with Crippen molar-refractivity contribution in [2.75, 3.05) is 33.5 Å². The lowest BCUT2D eigenvalue weighted by Gasteiger charge is -2.45. The second kappa shape index (κ2) is 20.8. The number of halogens is 2. The number of likely N-dealkylation sites (tertiary alicyclic amines) is 1. The number of allylic oxidation sites excluding steroid dienone is 2. The first-order valence-corrected chi connectivity index (χ1v) is 23.5. The van der Waals surface area contributed by atoms with Gasteiger partial charge in [-0.15, -0.1) is 11.8 Å². The van der Waals surface area contributed by atoms with Gasteiger partial charge < -0.3 is 58.3 Å². The van der Waals surface area contributed by atoms with E-state index in [1.807, 2.05) is 18.9 Å². The van der Waals surface area contributed by atoms with Crippen LogP contribution in [0.2, 0.25) is 0 Å². The molecule has 346 valence electrons. The molecule has 2 aromatic rings. The van der Waals surface area contributed by atoms with Crippen molar-refractivity contribution in [1.82, 2.24) is 25.3 Å². The molecule has 2 saturated heterocycles. The maximum atomic E-state index is 16.5. The van der Waals surface area contributed by atoms with Gasteiger partial charge in [0.2, 0.25) is 17.7 Å². The Labute approximate surface area is 373 Å². The molecule has 0 spiro atoms. The van der Waals surface area contributed by atoms with Crippen LogP contribution in [0.3, 0.4) is 0 Å². The van der Waals surface area contributed by atoms with E-state index >= 15 is 8.63 Å². The molecule has 6 N–H and O–H groups in total. The summed E-state index contributed by atoms with van der Waals surface area (Å²) in [5.41, 5.74) is 2.95. The fourth-order valence-electron chi connectivity index (χ4n) is 9.76. The number of carbonyl (C=O) groups is 3. The van der Waals surface area contributed by atoms with Crippen LogP contribution in [0.15, 0.2) is 53.2 Å². The summed E-state index contributed by atoms with van der Waals surface area (Å²) in [5.74, 6) is 0.306. The van der Waals surface area contributed by atoms with Crippen LogP contribution in [0.25, 0.3) is 17.3 Å². The lowest BCUT2D eigenvalue weighted by molar-refractivity contribution is -0.362. The van der Waals surface area contributed by atoms with E-state index in [2.05, 4.69) is 22.9 Å². The molecule has 5 heterocycles. The van der Waals surface area contributed by atoms with Crippen LogP contribution in [0.4, 0.5) is 8.63 Å². The Morgan fingerprint density at radius 2 is 1.73 bits per heavy atom. The first-order valence-electron chi connectivity index (χ1n) is 22.2. The van der Waals surface area contributed by atoms with Gasteiger partial charge in [0.15, 0.2) is 5.70 Å². The summed E-state index contributed by atoms with van der Waals surface area (Å²) in [6.45, 7) is 4.30. The van der Waals surface area contributed by atoms with Crippen molar-refractivity contribution in [2.24, 2.45) is 5.92 Å². The molecule has 4 aliphatic heterocycles. The van der Waals surface area contributed by atoms with Crippen molar-refractivity contribution in [1.29, 1.82) is 0 Å². The number of thioether (sulfide) groups is 1. The number of hydrogen-bond donors (Lipinski definition) is 6. The summed E-state index contributed by atoms with van der Waals surface area (Å²) in [5, 5.41) is 41.1. The first-order chi connectivity index (χ1) is 30.0. The maximum absolute atomic E-state index is 16.5. The number of rotatable bonds is 19. The number of unbranched alkanes of at least 4 members (excludes halogenated alkanes) is 2. The van der Waals surface area contributed by atoms with Gasteiger partial charge in [0.05, 0.1) is 19.2 Å². The Balaban J connectivity index is 0.972. The Bertz CT molecular complexity index is 2080. The van der Waals surface area contributed by atoms with E-state index in [-0.39, 0.29) is 30.6 Å². The third-order valence-corrected chi connectivity index (χ3v) is 14.1. The highest BCUT2D eigenvalue weighted by atomic mass is 32.2. The quantitative estimate of drug-likeness (QED) is 0.0882. The fourth-order valence-corrected chi connectivity index (χ4v) is 10.4. The molecule has 2 fully saturated rings. The molecule has 3 amide bonds. The average molecular weight is 899 g/mol. The molecule has 9 atom stereocenters. The van der Waals surface area contributed by atoms with Crippen molar-refractivity contribution in [2.45, 2.75) is 133 Å². The zero-order valence-electron chi connectivity index (χ0n) is 37.5. The van der Waals surface area contributed by atoms with Crippen molar-refractivity contribution in [3.8, 4) is 17.0 Å². The predicted octanol–water partition coefficient (Wildman–Crippen LogP) is 4.28. The number of ether oxygens (including phenoxy) is 2. The van der Waals surface area contributed by atoms with Crippen LogP contribution in [-0.2, 0) is 19.1 Å². The molecule has 0 radical (unpaired) electrons.